The molecule has 8 heteroatoms. The summed E-state index contributed by atoms with van der Waals surface area (Å²) < 4.78 is 5.82. The van der Waals surface area contributed by atoms with E-state index in [0.717, 1.165) is 26.7 Å². The summed E-state index contributed by atoms with van der Waals surface area (Å²) >= 11 is 1.49. The summed E-state index contributed by atoms with van der Waals surface area (Å²) in [5.74, 6) is 0.382. The van der Waals surface area contributed by atoms with E-state index >= 15 is 0 Å². The van der Waals surface area contributed by atoms with E-state index in [1.54, 1.807) is 18.6 Å². The van der Waals surface area contributed by atoms with E-state index in [1.165, 1.54) is 11.8 Å². The van der Waals surface area contributed by atoms with E-state index in [4.69, 9.17) is 4.74 Å². The van der Waals surface area contributed by atoms with Crippen LogP contribution in [0.1, 0.15) is 22.7 Å². The molecular weight excluding hydrogens is 388 g/mol. The van der Waals surface area contributed by atoms with Gasteiger partial charge in [-0.3, -0.25) is 20.1 Å². The summed E-state index contributed by atoms with van der Waals surface area (Å²) in [7, 11) is 0. The number of urea groups is 1. The predicted octanol–water partition coefficient (Wildman–Crippen LogP) is 3.40. The second-order valence-corrected chi connectivity index (χ2v) is 7.66. The van der Waals surface area contributed by atoms with Crippen molar-refractivity contribution < 1.29 is 14.3 Å². The molecule has 3 amide bonds. The fraction of sp³-hybridized carbons (Fsp3) is 0.143. The van der Waals surface area contributed by atoms with Gasteiger partial charge in [-0.15, -0.1) is 0 Å². The average Bonchev–Trinajstić information content (AvgIpc) is 3.06. The number of hydrogen-bond acceptors (Lipinski definition) is 6. The van der Waals surface area contributed by atoms with Crippen molar-refractivity contribution in [2.75, 3.05) is 0 Å². The van der Waals surface area contributed by atoms with Gasteiger partial charge in [-0.2, -0.15) is 0 Å². The van der Waals surface area contributed by atoms with Gasteiger partial charge in [0.15, 0.2) is 0 Å². The standard InChI is InChI=1S/C21H18N4O3S/c1-13-8-14(10-23-9-13)12-28-15-2-4-16(5-3-15)29-18-6-7-22-11-17(18)19-20(26)25-21(27)24-19/h2-11,19H,12H2,1H3,(H2,24,25,26,27). The van der Waals surface area contributed by atoms with Crippen molar-refractivity contribution >= 4 is 23.7 Å². The van der Waals surface area contributed by atoms with E-state index in [0.29, 0.717) is 12.2 Å². The first kappa shape index (κ1) is 18.9. The number of amides is 3. The van der Waals surface area contributed by atoms with Crippen molar-refractivity contribution in [3.63, 3.8) is 0 Å². The van der Waals surface area contributed by atoms with Gasteiger partial charge in [0, 0.05) is 45.7 Å². The van der Waals surface area contributed by atoms with Gasteiger partial charge in [-0.05, 0) is 48.9 Å². The fourth-order valence-corrected chi connectivity index (χ4v) is 3.88. The van der Waals surface area contributed by atoms with Crippen molar-refractivity contribution in [1.82, 2.24) is 20.6 Å². The Bertz CT molecular complexity index is 1060. The zero-order chi connectivity index (χ0) is 20.2. The molecule has 1 aromatic carbocycles. The summed E-state index contributed by atoms with van der Waals surface area (Å²) in [4.78, 5) is 33.5. The highest BCUT2D eigenvalue weighted by molar-refractivity contribution is 7.99. The molecule has 0 aliphatic carbocycles. The van der Waals surface area contributed by atoms with Gasteiger partial charge in [-0.25, -0.2) is 4.79 Å². The van der Waals surface area contributed by atoms with Crippen molar-refractivity contribution in [3.05, 3.63) is 77.9 Å². The second-order valence-electron chi connectivity index (χ2n) is 6.54. The first-order valence-corrected chi connectivity index (χ1v) is 9.76. The van der Waals surface area contributed by atoms with Crippen LogP contribution in [-0.2, 0) is 11.4 Å². The third-order valence-electron chi connectivity index (χ3n) is 4.28. The molecule has 1 unspecified atom stereocenters. The smallest absolute Gasteiger partial charge is 0.322 e. The van der Waals surface area contributed by atoms with Crippen LogP contribution in [0.4, 0.5) is 4.79 Å². The minimum absolute atomic E-state index is 0.376. The Balaban J connectivity index is 1.44. The van der Waals surface area contributed by atoms with Crippen LogP contribution in [0.25, 0.3) is 0 Å². The Morgan fingerprint density at radius 3 is 2.62 bits per heavy atom. The van der Waals surface area contributed by atoms with Crippen LogP contribution in [0, 0.1) is 6.92 Å². The number of pyridine rings is 2. The monoisotopic (exact) mass is 406 g/mol. The van der Waals surface area contributed by atoms with E-state index in [2.05, 4.69) is 20.6 Å². The lowest BCUT2D eigenvalue weighted by Crippen LogP contribution is -2.22. The number of carbonyl (C=O) groups excluding carboxylic acids is 2. The molecule has 3 aromatic rings. The number of benzene rings is 1. The summed E-state index contributed by atoms with van der Waals surface area (Å²) in [6.45, 7) is 2.45. The molecular formula is C21H18N4O3S. The molecule has 2 aromatic heterocycles. The molecule has 0 saturated carbocycles. The number of nitrogens with one attached hydrogen (secondary N) is 2. The van der Waals surface area contributed by atoms with Gasteiger partial charge in [0.25, 0.3) is 5.91 Å². The van der Waals surface area contributed by atoms with E-state index in [9.17, 15) is 9.59 Å². The van der Waals surface area contributed by atoms with Crippen LogP contribution < -0.4 is 15.4 Å². The Hall–Kier alpha value is -3.39. The predicted molar refractivity (Wildman–Crippen MR) is 108 cm³/mol. The molecule has 1 fully saturated rings. The topological polar surface area (TPSA) is 93.2 Å². The lowest BCUT2D eigenvalue weighted by Gasteiger charge is -2.13. The van der Waals surface area contributed by atoms with E-state index < -0.39 is 12.1 Å². The number of rotatable bonds is 6. The van der Waals surface area contributed by atoms with Crippen molar-refractivity contribution in [2.45, 2.75) is 29.4 Å². The largest absolute Gasteiger partial charge is 0.489 e. The number of aryl methyl sites for hydroxylation is 1. The lowest BCUT2D eigenvalue weighted by molar-refractivity contribution is -0.120. The van der Waals surface area contributed by atoms with Crippen LogP contribution in [0.3, 0.4) is 0 Å². The summed E-state index contributed by atoms with van der Waals surface area (Å²) in [5.41, 5.74) is 2.77. The molecule has 0 spiro atoms. The molecule has 1 saturated heterocycles. The molecule has 146 valence electrons. The van der Waals surface area contributed by atoms with Gasteiger partial charge >= 0.3 is 6.03 Å². The minimum Gasteiger partial charge on any atom is -0.489 e. The Morgan fingerprint density at radius 1 is 1.07 bits per heavy atom. The molecule has 7 nitrogen and oxygen atoms in total. The van der Waals surface area contributed by atoms with Crippen molar-refractivity contribution in [3.8, 4) is 5.75 Å². The first-order valence-electron chi connectivity index (χ1n) is 8.95. The zero-order valence-electron chi connectivity index (χ0n) is 15.6. The Labute approximate surface area is 171 Å². The van der Waals surface area contributed by atoms with E-state index in [1.807, 2.05) is 49.5 Å². The fourth-order valence-electron chi connectivity index (χ4n) is 2.93. The number of nitrogens with zero attached hydrogens (tertiary/aromatic N) is 2. The minimum atomic E-state index is -0.732. The molecule has 0 radical (unpaired) electrons. The third-order valence-corrected chi connectivity index (χ3v) is 5.38. The molecule has 4 rings (SSSR count). The van der Waals surface area contributed by atoms with Crippen molar-refractivity contribution in [1.29, 1.82) is 0 Å². The summed E-state index contributed by atoms with van der Waals surface area (Å²) in [6, 6.07) is 10.3. The number of aromatic nitrogens is 2. The third kappa shape index (κ3) is 4.55. The van der Waals surface area contributed by atoms with Gasteiger partial charge in [-0.1, -0.05) is 11.8 Å². The maximum atomic E-state index is 12.0. The molecule has 0 bridgehead atoms. The Morgan fingerprint density at radius 2 is 1.90 bits per heavy atom. The molecule has 3 heterocycles. The summed E-state index contributed by atoms with van der Waals surface area (Å²) in [5, 5.41) is 4.86. The number of ether oxygens (including phenoxy) is 1. The van der Waals surface area contributed by atoms with Gasteiger partial charge < -0.3 is 10.1 Å². The van der Waals surface area contributed by atoms with Crippen LogP contribution in [0.15, 0.2) is 71.0 Å². The van der Waals surface area contributed by atoms with Crippen molar-refractivity contribution in [2.24, 2.45) is 0 Å². The highest BCUT2D eigenvalue weighted by Crippen LogP contribution is 2.34. The number of carbonyl (C=O) groups is 2. The quantitative estimate of drug-likeness (QED) is 0.610. The van der Waals surface area contributed by atoms with Crippen LogP contribution >= 0.6 is 11.8 Å². The zero-order valence-corrected chi connectivity index (χ0v) is 16.4. The average molecular weight is 406 g/mol. The molecule has 1 aliphatic heterocycles. The van der Waals surface area contributed by atoms with Gasteiger partial charge in [0.2, 0.25) is 0 Å². The molecule has 29 heavy (non-hydrogen) atoms. The lowest BCUT2D eigenvalue weighted by atomic mass is 10.1. The van der Waals surface area contributed by atoms with Gasteiger partial charge in [0.05, 0.1) is 0 Å². The number of hydrogen-bond donors (Lipinski definition) is 2. The maximum Gasteiger partial charge on any atom is 0.322 e. The highest BCUT2D eigenvalue weighted by Gasteiger charge is 2.32. The highest BCUT2D eigenvalue weighted by atomic mass is 32.2. The number of imide groups is 1. The first-order chi connectivity index (χ1) is 14.1. The second kappa shape index (κ2) is 8.32. The SMILES string of the molecule is Cc1cncc(COc2ccc(Sc3ccncc3C3NC(=O)NC3=O)cc2)c1. The maximum absolute atomic E-state index is 12.0. The normalized spacial score (nSPS) is 15.7. The van der Waals surface area contributed by atoms with Gasteiger partial charge in [0.1, 0.15) is 18.4 Å². The summed E-state index contributed by atoms with van der Waals surface area (Å²) in [6.07, 6.45) is 6.86. The molecule has 1 atom stereocenters. The van der Waals surface area contributed by atoms with Crippen LogP contribution in [-0.4, -0.2) is 21.9 Å². The molecule has 1 aliphatic rings. The van der Waals surface area contributed by atoms with Crippen LogP contribution in [0.2, 0.25) is 0 Å². The van der Waals surface area contributed by atoms with Crippen LogP contribution in [0.5, 0.6) is 5.75 Å². The molecule has 2 N–H and O–H groups in total. The Kier molecular flexibility index (Phi) is 5.44. The van der Waals surface area contributed by atoms with E-state index in [-0.39, 0.29) is 5.91 Å².